The van der Waals surface area contributed by atoms with Crippen molar-refractivity contribution in [2.24, 2.45) is 0 Å². The van der Waals surface area contributed by atoms with Crippen LogP contribution in [-0.4, -0.2) is 29.3 Å². The molecule has 0 aliphatic carbocycles. The third-order valence-electron chi connectivity index (χ3n) is 3.00. The van der Waals surface area contributed by atoms with Crippen LogP contribution in [0.4, 0.5) is 11.6 Å². The number of hydrogen-bond donors (Lipinski definition) is 3. The topological polar surface area (TPSA) is 57.2 Å². The van der Waals surface area contributed by atoms with Crippen molar-refractivity contribution in [3.05, 3.63) is 54.1 Å². The Hall–Kier alpha value is -2.07. The lowest BCUT2D eigenvalue weighted by Crippen LogP contribution is -2.26. The van der Waals surface area contributed by atoms with Crippen LogP contribution >= 0.6 is 0 Å². The molecule has 2 rings (SSSR count). The molecule has 0 aliphatic rings. The van der Waals surface area contributed by atoms with E-state index in [1.165, 1.54) is 5.56 Å². The quantitative estimate of drug-likeness (QED) is 0.724. The van der Waals surface area contributed by atoms with Crippen LogP contribution in [0.2, 0.25) is 0 Å². The number of nitrogens with zero attached hydrogens (tertiary/aromatic N) is 1. The average molecular weight is 271 g/mol. The predicted octanol–water partition coefficient (Wildman–Crippen LogP) is 2.53. The highest BCUT2D eigenvalue weighted by Gasteiger charge is 2.09. The second kappa shape index (κ2) is 7.50. The van der Waals surface area contributed by atoms with Crippen LogP contribution in [0.5, 0.6) is 0 Å². The van der Waals surface area contributed by atoms with E-state index < -0.39 is 0 Å². The number of anilines is 2. The summed E-state index contributed by atoms with van der Waals surface area (Å²) in [4.78, 5) is 4.46. The van der Waals surface area contributed by atoms with Crippen molar-refractivity contribution in [1.82, 2.24) is 4.98 Å². The Morgan fingerprint density at radius 1 is 1.05 bits per heavy atom. The van der Waals surface area contributed by atoms with Gasteiger partial charge in [-0.05, 0) is 31.0 Å². The van der Waals surface area contributed by atoms with E-state index in [9.17, 15) is 5.11 Å². The number of aromatic nitrogens is 1. The summed E-state index contributed by atoms with van der Waals surface area (Å²) in [5.74, 6) is 1.62. The Balaban J connectivity index is 2.00. The maximum Gasteiger partial charge on any atom is 0.128 e. The predicted molar refractivity (Wildman–Crippen MR) is 83.0 cm³/mol. The number of hydrogen-bond acceptors (Lipinski definition) is 4. The van der Waals surface area contributed by atoms with Gasteiger partial charge in [-0.2, -0.15) is 0 Å². The summed E-state index contributed by atoms with van der Waals surface area (Å²) < 4.78 is 0. The van der Waals surface area contributed by atoms with E-state index in [1.807, 2.05) is 43.3 Å². The summed E-state index contributed by atoms with van der Waals surface area (Å²) in [6, 6.07) is 15.9. The summed E-state index contributed by atoms with van der Waals surface area (Å²) >= 11 is 0. The molecular weight excluding hydrogens is 250 g/mol. The van der Waals surface area contributed by atoms with E-state index in [4.69, 9.17) is 0 Å². The molecule has 0 amide bonds. The summed E-state index contributed by atoms with van der Waals surface area (Å²) in [5, 5.41) is 16.0. The first-order chi connectivity index (χ1) is 9.81. The highest BCUT2D eigenvalue weighted by Crippen LogP contribution is 2.12. The van der Waals surface area contributed by atoms with Crippen molar-refractivity contribution >= 4 is 11.6 Å². The summed E-state index contributed by atoms with van der Waals surface area (Å²) in [5.41, 5.74) is 1.20. The fraction of sp³-hybridized carbons (Fsp3) is 0.312. The normalized spacial score (nSPS) is 11.9. The van der Waals surface area contributed by atoms with Gasteiger partial charge in [0.2, 0.25) is 0 Å². The van der Waals surface area contributed by atoms with Crippen LogP contribution < -0.4 is 10.6 Å². The molecule has 0 aliphatic heterocycles. The third-order valence-corrected chi connectivity index (χ3v) is 3.00. The van der Waals surface area contributed by atoms with Crippen molar-refractivity contribution in [2.75, 3.05) is 23.8 Å². The van der Waals surface area contributed by atoms with Crippen molar-refractivity contribution < 1.29 is 5.11 Å². The zero-order valence-corrected chi connectivity index (χ0v) is 11.7. The van der Waals surface area contributed by atoms with Gasteiger partial charge in [-0.1, -0.05) is 36.4 Å². The molecule has 1 atom stereocenters. The van der Waals surface area contributed by atoms with E-state index in [1.54, 1.807) is 0 Å². The number of benzene rings is 1. The summed E-state index contributed by atoms with van der Waals surface area (Å²) in [6.07, 6.45) is 0.768. The molecule has 1 aromatic heterocycles. The van der Waals surface area contributed by atoms with E-state index in [0.29, 0.717) is 0 Å². The van der Waals surface area contributed by atoms with Gasteiger partial charge in [-0.15, -0.1) is 0 Å². The highest BCUT2D eigenvalue weighted by atomic mass is 16.3. The molecule has 4 nitrogen and oxygen atoms in total. The van der Waals surface area contributed by atoms with Crippen LogP contribution in [0.15, 0.2) is 48.5 Å². The molecule has 20 heavy (non-hydrogen) atoms. The van der Waals surface area contributed by atoms with Gasteiger partial charge in [-0.3, -0.25) is 0 Å². The van der Waals surface area contributed by atoms with Gasteiger partial charge in [0.1, 0.15) is 11.6 Å². The highest BCUT2D eigenvalue weighted by molar-refractivity contribution is 5.45. The number of pyridine rings is 1. The molecule has 0 saturated carbocycles. The van der Waals surface area contributed by atoms with Gasteiger partial charge in [0.25, 0.3) is 0 Å². The maximum atomic E-state index is 9.52. The van der Waals surface area contributed by atoms with Crippen LogP contribution in [0, 0.1) is 0 Å². The molecule has 0 radical (unpaired) electrons. The number of rotatable bonds is 7. The fourth-order valence-corrected chi connectivity index (χ4v) is 2.06. The lowest BCUT2D eigenvalue weighted by atomic mass is 10.1. The van der Waals surface area contributed by atoms with Gasteiger partial charge < -0.3 is 15.7 Å². The molecular formula is C16H21N3O. The van der Waals surface area contributed by atoms with Gasteiger partial charge in [0, 0.05) is 6.54 Å². The zero-order chi connectivity index (χ0) is 14.2. The van der Waals surface area contributed by atoms with Gasteiger partial charge >= 0.3 is 0 Å². The Kier molecular flexibility index (Phi) is 5.38. The molecule has 3 N–H and O–H groups in total. The van der Waals surface area contributed by atoms with Gasteiger partial charge in [0.15, 0.2) is 0 Å². The molecule has 1 heterocycles. The first-order valence-corrected chi connectivity index (χ1v) is 6.94. The number of aliphatic hydroxyl groups is 1. The number of aliphatic hydroxyl groups excluding tert-OH is 1. The van der Waals surface area contributed by atoms with Gasteiger partial charge in [-0.25, -0.2) is 4.98 Å². The minimum absolute atomic E-state index is 0.0400. The van der Waals surface area contributed by atoms with Crippen LogP contribution in [0.25, 0.3) is 0 Å². The second-order valence-electron chi connectivity index (χ2n) is 4.65. The van der Waals surface area contributed by atoms with Crippen molar-refractivity contribution in [1.29, 1.82) is 0 Å². The first kappa shape index (κ1) is 14.3. The van der Waals surface area contributed by atoms with Crippen molar-refractivity contribution in [3.8, 4) is 0 Å². The molecule has 1 aromatic carbocycles. The standard InChI is InChI=1S/C16H21N3O/c1-2-17-15-9-6-10-16(19-15)18-14(12-20)11-13-7-4-3-5-8-13/h3-10,14,20H,2,11-12H2,1H3,(H2,17,18,19). The monoisotopic (exact) mass is 271 g/mol. The van der Waals surface area contributed by atoms with Gasteiger partial charge in [0.05, 0.1) is 12.6 Å². The summed E-state index contributed by atoms with van der Waals surface area (Å²) in [7, 11) is 0. The van der Waals surface area contributed by atoms with Crippen molar-refractivity contribution in [3.63, 3.8) is 0 Å². The van der Waals surface area contributed by atoms with Crippen LogP contribution in [0.1, 0.15) is 12.5 Å². The third kappa shape index (κ3) is 4.24. The molecule has 2 aromatic rings. The van der Waals surface area contributed by atoms with E-state index >= 15 is 0 Å². The molecule has 0 spiro atoms. The number of nitrogens with one attached hydrogen (secondary N) is 2. The molecule has 0 fully saturated rings. The van der Waals surface area contributed by atoms with Crippen LogP contribution in [-0.2, 0) is 6.42 Å². The zero-order valence-electron chi connectivity index (χ0n) is 11.7. The van der Waals surface area contributed by atoms with E-state index in [2.05, 4.69) is 27.8 Å². The summed E-state index contributed by atoms with van der Waals surface area (Å²) in [6.45, 7) is 2.94. The minimum Gasteiger partial charge on any atom is -0.394 e. The molecule has 106 valence electrons. The van der Waals surface area contributed by atoms with E-state index in [-0.39, 0.29) is 12.6 Å². The Labute approximate surface area is 119 Å². The Morgan fingerprint density at radius 2 is 1.80 bits per heavy atom. The largest absolute Gasteiger partial charge is 0.394 e. The average Bonchev–Trinajstić information content (AvgIpc) is 2.48. The first-order valence-electron chi connectivity index (χ1n) is 6.94. The Bertz CT molecular complexity index is 516. The minimum atomic E-state index is -0.0400. The van der Waals surface area contributed by atoms with Crippen LogP contribution in [0.3, 0.4) is 0 Å². The molecule has 0 bridgehead atoms. The smallest absolute Gasteiger partial charge is 0.128 e. The maximum absolute atomic E-state index is 9.52. The van der Waals surface area contributed by atoms with Crippen molar-refractivity contribution in [2.45, 2.75) is 19.4 Å². The molecule has 0 saturated heterocycles. The fourth-order valence-electron chi connectivity index (χ4n) is 2.06. The molecule has 1 unspecified atom stereocenters. The van der Waals surface area contributed by atoms with E-state index in [0.717, 1.165) is 24.6 Å². The lowest BCUT2D eigenvalue weighted by Gasteiger charge is -2.17. The second-order valence-corrected chi connectivity index (χ2v) is 4.65. The Morgan fingerprint density at radius 3 is 2.50 bits per heavy atom. The lowest BCUT2D eigenvalue weighted by molar-refractivity contribution is 0.273. The molecule has 4 heteroatoms. The SMILES string of the molecule is CCNc1cccc(NC(CO)Cc2ccccc2)n1.